The number of hydroxylamine groups is 2. The van der Waals surface area contributed by atoms with Crippen LogP contribution >= 0.6 is 11.3 Å². The number of amidine groups is 1. The highest BCUT2D eigenvalue weighted by Gasteiger charge is 2.57. The quantitative estimate of drug-likeness (QED) is 0.116. The number of ketones is 1. The Morgan fingerprint density at radius 3 is 2.50 bits per heavy atom. The van der Waals surface area contributed by atoms with Crippen molar-refractivity contribution in [1.82, 2.24) is 10.0 Å². The summed E-state index contributed by atoms with van der Waals surface area (Å²) < 4.78 is 35.1. The number of nitrogen functional groups attached to an aromatic ring is 2. The van der Waals surface area contributed by atoms with Crippen LogP contribution in [0.5, 0.6) is 0 Å². The van der Waals surface area contributed by atoms with Crippen molar-refractivity contribution >= 4 is 50.1 Å². The molecule has 0 unspecified atom stereocenters. The number of amides is 1. The average molecular weight is 511 g/mol. The lowest BCUT2D eigenvalue weighted by molar-refractivity contribution is -0.228. The molecule has 0 bridgehead atoms. The first-order valence-corrected chi connectivity index (χ1v) is 11.9. The number of benzene rings is 1. The van der Waals surface area contributed by atoms with Gasteiger partial charge in [0.2, 0.25) is 0 Å². The Morgan fingerprint density at radius 1 is 1.35 bits per heavy atom. The van der Waals surface area contributed by atoms with Gasteiger partial charge in [0.25, 0.3) is 5.91 Å². The molecule has 1 aromatic carbocycles. The summed E-state index contributed by atoms with van der Waals surface area (Å²) in [6.45, 7) is 2.96. The molecule has 2 heterocycles. The van der Waals surface area contributed by atoms with Crippen LogP contribution in [0.1, 0.15) is 37.1 Å². The van der Waals surface area contributed by atoms with Crippen LogP contribution in [0.15, 0.2) is 34.8 Å². The Bertz CT molecular complexity index is 1250. The maximum Gasteiger partial charge on any atom is 0.418 e. The number of nitrogens with zero attached hydrogens (tertiary/aromatic N) is 3. The molecule has 13 nitrogen and oxygen atoms in total. The van der Waals surface area contributed by atoms with E-state index in [2.05, 4.69) is 14.4 Å². The molecule has 15 heteroatoms. The largest absolute Gasteiger partial charge is 0.418 e. The van der Waals surface area contributed by atoms with E-state index in [0.29, 0.717) is 16.2 Å². The lowest BCUT2D eigenvalue weighted by atomic mass is 9.74. The van der Waals surface area contributed by atoms with E-state index in [-0.39, 0.29) is 35.4 Å². The molecule has 0 radical (unpaired) electrons. The van der Waals surface area contributed by atoms with E-state index in [0.717, 1.165) is 11.3 Å². The van der Waals surface area contributed by atoms with Crippen molar-refractivity contribution in [3.63, 3.8) is 0 Å². The van der Waals surface area contributed by atoms with Crippen LogP contribution in [0.2, 0.25) is 0 Å². The van der Waals surface area contributed by atoms with E-state index in [1.807, 2.05) is 0 Å². The first kappa shape index (κ1) is 25.2. The normalized spacial score (nSPS) is 17.9. The Balaban J connectivity index is 1.75. The van der Waals surface area contributed by atoms with Crippen molar-refractivity contribution in [2.45, 2.75) is 32.4 Å². The Kier molecular flexibility index (Phi) is 7.02. The van der Waals surface area contributed by atoms with Crippen LogP contribution in [-0.2, 0) is 35.7 Å². The molecule has 1 aliphatic rings. The average Bonchev–Trinajstić information content (AvgIpc) is 3.18. The molecule has 3 rings (SSSR count). The van der Waals surface area contributed by atoms with Crippen molar-refractivity contribution < 1.29 is 31.7 Å². The minimum Gasteiger partial charge on any atom is -0.390 e. The lowest BCUT2D eigenvalue weighted by Crippen LogP contribution is -2.68. The number of thiazole rings is 1. The Hall–Kier alpha value is -3.40. The Labute approximate surface area is 198 Å². The number of rotatable bonds is 10. The summed E-state index contributed by atoms with van der Waals surface area (Å²) >= 11 is 1.09. The topological polar surface area (TPSA) is 211 Å². The van der Waals surface area contributed by atoms with Gasteiger partial charge in [0, 0.05) is 17.4 Å². The Morgan fingerprint density at radius 2 is 2.00 bits per heavy atom. The van der Waals surface area contributed by atoms with Gasteiger partial charge in [0.15, 0.2) is 16.6 Å². The van der Waals surface area contributed by atoms with E-state index in [9.17, 15) is 18.0 Å². The van der Waals surface area contributed by atoms with E-state index in [1.54, 1.807) is 24.3 Å². The number of Topliss-reactive ketones (excluding diaryl/α,β-unsaturated/α-hetero) is 1. The minimum absolute atomic E-state index is 0.00157. The maximum atomic E-state index is 13.0. The minimum atomic E-state index is -4.91. The van der Waals surface area contributed by atoms with E-state index >= 15 is 0 Å². The first-order valence-electron chi connectivity index (χ1n) is 9.68. The molecule has 1 atom stereocenters. The van der Waals surface area contributed by atoms with Crippen LogP contribution < -0.4 is 11.5 Å². The number of carbonyl (C=O) groups is 2. The second kappa shape index (κ2) is 9.46. The van der Waals surface area contributed by atoms with E-state index in [4.69, 9.17) is 26.3 Å². The van der Waals surface area contributed by atoms with Gasteiger partial charge in [0.1, 0.15) is 18.1 Å². The summed E-state index contributed by atoms with van der Waals surface area (Å²) in [5.74, 6) is -2.40. The zero-order valence-corrected chi connectivity index (χ0v) is 19.7. The fourth-order valence-corrected chi connectivity index (χ4v) is 4.24. The molecule has 2 aromatic rings. The summed E-state index contributed by atoms with van der Waals surface area (Å²) in [6, 6.07) is 6.66. The summed E-state index contributed by atoms with van der Waals surface area (Å²) in [5, 5.41) is 13.5. The van der Waals surface area contributed by atoms with Gasteiger partial charge in [-0.1, -0.05) is 29.4 Å². The monoisotopic (exact) mass is 510 g/mol. The molecule has 182 valence electrons. The first-order chi connectivity index (χ1) is 15.8. The molecule has 1 fully saturated rings. The fraction of sp³-hybridized carbons (Fsp3) is 0.316. The summed E-state index contributed by atoms with van der Waals surface area (Å²) in [5.41, 5.74) is 11.1. The van der Waals surface area contributed by atoms with Crippen molar-refractivity contribution in [2.75, 3.05) is 5.73 Å². The molecule has 1 aliphatic heterocycles. The number of hydrogen-bond acceptors (Lipinski definition) is 11. The number of anilines is 1. The molecule has 0 saturated carbocycles. The van der Waals surface area contributed by atoms with Gasteiger partial charge < -0.3 is 16.3 Å². The van der Waals surface area contributed by atoms with Crippen molar-refractivity contribution in [1.29, 1.82) is 5.41 Å². The van der Waals surface area contributed by atoms with Crippen molar-refractivity contribution in [3.8, 4) is 0 Å². The molecular formula is C19H22N6O7S2. The SMILES string of the molecule is CC1(C)[C@H](CC(=O)/C(=N\OCc2ccc(C(=N)N)cc2)c2csc(N)n2)C(=O)N1OS(=O)(=O)O. The number of aromatic nitrogens is 1. The highest BCUT2D eigenvalue weighted by molar-refractivity contribution is 7.80. The van der Waals surface area contributed by atoms with Gasteiger partial charge in [-0.05, 0) is 19.4 Å². The molecule has 0 spiro atoms. The van der Waals surface area contributed by atoms with Gasteiger partial charge in [-0.3, -0.25) is 19.6 Å². The molecule has 0 aliphatic carbocycles. The smallest absolute Gasteiger partial charge is 0.390 e. The van der Waals surface area contributed by atoms with E-state index in [1.165, 1.54) is 19.2 Å². The summed E-state index contributed by atoms with van der Waals surface area (Å²) in [7, 11) is -4.91. The van der Waals surface area contributed by atoms with Crippen LogP contribution in [0.3, 0.4) is 0 Å². The van der Waals surface area contributed by atoms with Crippen LogP contribution in [0, 0.1) is 11.3 Å². The standard InChI is InChI=1S/C19H22N6O7S2/c1-19(2)12(17(27)25(19)32-34(28,29)30)7-14(26)15(13-9-33-18(22)23-13)24-31-8-10-3-5-11(6-4-10)16(20)21/h3-6,9,12H,7-8H2,1-2H3,(H3,20,21)(H2,22,23)(H,28,29,30)/b24-15-/t12-/m1/s1. The number of nitrogens with one attached hydrogen (secondary N) is 1. The van der Waals surface area contributed by atoms with Crippen LogP contribution in [0.4, 0.5) is 5.13 Å². The number of nitrogens with two attached hydrogens (primary N) is 2. The van der Waals surface area contributed by atoms with Gasteiger partial charge >= 0.3 is 10.4 Å². The van der Waals surface area contributed by atoms with Gasteiger partial charge in [-0.2, -0.15) is 13.5 Å². The third kappa shape index (κ3) is 5.56. The van der Waals surface area contributed by atoms with Crippen LogP contribution in [-0.4, -0.2) is 51.8 Å². The molecule has 1 amide bonds. The third-order valence-electron chi connectivity index (χ3n) is 5.11. The molecule has 6 N–H and O–H groups in total. The number of hydrogen-bond donors (Lipinski definition) is 4. The number of carbonyl (C=O) groups excluding carboxylic acids is 2. The third-order valence-corrected chi connectivity index (χ3v) is 6.12. The van der Waals surface area contributed by atoms with Crippen molar-refractivity contribution in [2.24, 2.45) is 16.8 Å². The van der Waals surface area contributed by atoms with Crippen molar-refractivity contribution in [3.05, 3.63) is 46.5 Å². The maximum absolute atomic E-state index is 13.0. The summed E-state index contributed by atoms with van der Waals surface area (Å²) in [4.78, 5) is 34.8. The summed E-state index contributed by atoms with van der Waals surface area (Å²) in [6.07, 6.45) is -0.343. The van der Waals surface area contributed by atoms with Gasteiger partial charge in [-0.25, -0.2) is 4.98 Å². The number of β-lactam (4-membered cyclic amide) rings is 1. The lowest BCUT2D eigenvalue weighted by Gasteiger charge is -2.50. The molecule has 1 aromatic heterocycles. The van der Waals surface area contributed by atoms with Gasteiger partial charge in [-0.15, -0.1) is 15.6 Å². The second-order valence-electron chi connectivity index (χ2n) is 7.86. The van der Waals surface area contributed by atoms with E-state index < -0.39 is 33.5 Å². The highest BCUT2D eigenvalue weighted by Crippen LogP contribution is 2.40. The molecule has 1 saturated heterocycles. The predicted molar refractivity (Wildman–Crippen MR) is 122 cm³/mol. The molecule has 34 heavy (non-hydrogen) atoms. The predicted octanol–water partition coefficient (Wildman–Crippen LogP) is 0.861. The number of oxime groups is 1. The highest BCUT2D eigenvalue weighted by atomic mass is 32.3. The van der Waals surface area contributed by atoms with Gasteiger partial charge in [0.05, 0.1) is 11.5 Å². The zero-order valence-electron chi connectivity index (χ0n) is 18.1. The molecular weight excluding hydrogens is 488 g/mol. The zero-order chi connectivity index (χ0) is 25.3. The van der Waals surface area contributed by atoms with Crippen LogP contribution in [0.25, 0.3) is 0 Å². The fourth-order valence-electron chi connectivity index (χ4n) is 3.24. The second-order valence-corrected chi connectivity index (χ2v) is 9.76.